The number of benzene rings is 2. The fourth-order valence-electron chi connectivity index (χ4n) is 2.22. The van der Waals surface area contributed by atoms with Crippen LogP contribution in [0, 0.1) is 6.92 Å². The third kappa shape index (κ3) is 4.08. The number of carboxylic acid groups (broad SMARTS) is 1. The molecule has 0 spiro atoms. The minimum absolute atomic E-state index is 0.0687. The monoisotopic (exact) mass is 447 g/mol. The Morgan fingerprint density at radius 2 is 2.00 bits per heavy atom. The second-order valence-corrected chi connectivity index (χ2v) is 8.21. The average molecular weight is 449 g/mol. The first-order chi connectivity index (χ1) is 11.7. The number of sulfonamides is 1. The molecule has 6 nitrogen and oxygen atoms in total. The normalized spacial score (nSPS) is 11.2. The van der Waals surface area contributed by atoms with Gasteiger partial charge in [-0.3, -0.25) is 9.10 Å². The van der Waals surface area contributed by atoms with E-state index in [1.54, 1.807) is 19.1 Å². The molecule has 0 aliphatic carbocycles. The van der Waals surface area contributed by atoms with Crippen molar-refractivity contribution in [3.05, 3.63) is 51.5 Å². The molecule has 2 aromatic carbocycles. The predicted octanol–water partition coefficient (Wildman–Crippen LogP) is 3.70. The van der Waals surface area contributed by atoms with E-state index in [4.69, 9.17) is 16.3 Å². The maximum absolute atomic E-state index is 13.0. The van der Waals surface area contributed by atoms with Gasteiger partial charge in [0.1, 0.15) is 12.3 Å². The van der Waals surface area contributed by atoms with Crippen LogP contribution in [0.5, 0.6) is 5.75 Å². The molecule has 2 rings (SSSR count). The second-order valence-electron chi connectivity index (χ2n) is 5.09. The Morgan fingerprint density at radius 1 is 1.32 bits per heavy atom. The van der Waals surface area contributed by atoms with E-state index in [9.17, 15) is 18.3 Å². The molecule has 0 amide bonds. The molecule has 0 aliphatic heterocycles. The van der Waals surface area contributed by atoms with Gasteiger partial charge in [-0.1, -0.05) is 17.7 Å². The van der Waals surface area contributed by atoms with Crippen molar-refractivity contribution in [3.8, 4) is 5.75 Å². The average Bonchev–Trinajstić information content (AvgIpc) is 2.55. The number of hydrogen-bond donors (Lipinski definition) is 1. The molecule has 0 radical (unpaired) electrons. The summed E-state index contributed by atoms with van der Waals surface area (Å²) in [4.78, 5) is 11.2. The van der Waals surface area contributed by atoms with E-state index in [0.717, 1.165) is 4.31 Å². The smallest absolute Gasteiger partial charge is 0.324 e. The molecular formula is C16H15BrClNO5S. The summed E-state index contributed by atoms with van der Waals surface area (Å²) in [5.41, 5.74) is 0.684. The standard InChI is InChI=1S/C16H15BrClNO5S/c1-10-13(18)4-3-5-14(10)19(9-16(20)21)25(22,23)11-6-7-15(24-2)12(17)8-11/h3-8H,9H2,1-2H3,(H,20,21). The minimum Gasteiger partial charge on any atom is -0.496 e. The lowest BCUT2D eigenvalue weighted by molar-refractivity contribution is -0.135. The number of aliphatic carboxylic acids is 1. The van der Waals surface area contributed by atoms with Crippen molar-refractivity contribution in [2.24, 2.45) is 0 Å². The zero-order chi connectivity index (χ0) is 18.8. The van der Waals surface area contributed by atoms with Crippen LogP contribution in [0.15, 0.2) is 45.8 Å². The maximum atomic E-state index is 13.0. The highest BCUT2D eigenvalue weighted by molar-refractivity contribution is 9.10. The second kappa shape index (κ2) is 7.63. The molecule has 1 N–H and O–H groups in total. The molecule has 9 heteroatoms. The Morgan fingerprint density at radius 3 is 2.56 bits per heavy atom. The van der Waals surface area contributed by atoms with Gasteiger partial charge in [-0.05, 0) is 58.7 Å². The van der Waals surface area contributed by atoms with Crippen molar-refractivity contribution in [3.63, 3.8) is 0 Å². The molecule has 0 fully saturated rings. The quantitative estimate of drug-likeness (QED) is 0.728. The SMILES string of the molecule is COc1ccc(S(=O)(=O)N(CC(=O)O)c2cccc(Cl)c2C)cc1Br. The first-order valence-corrected chi connectivity index (χ1v) is 9.62. The number of nitrogens with zero attached hydrogens (tertiary/aromatic N) is 1. The number of hydrogen-bond acceptors (Lipinski definition) is 4. The molecule has 134 valence electrons. The lowest BCUT2D eigenvalue weighted by atomic mass is 10.2. The number of ether oxygens (including phenoxy) is 1. The zero-order valence-corrected chi connectivity index (χ0v) is 16.5. The van der Waals surface area contributed by atoms with E-state index in [1.807, 2.05) is 0 Å². The van der Waals surface area contributed by atoms with Crippen LogP contribution in [0.4, 0.5) is 5.69 Å². The topological polar surface area (TPSA) is 83.9 Å². The van der Waals surface area contributed by atoms with Crippen LogP contribution in [0.3, 0.4) is 0 Å². The summed E-state index contributed by atoms with van der Waals surface area (Å²) < 4.78 is 32.4. The molecule has 0 heterocycles. The van der Waals surface area contributed by atoms with E-state index >= 15 is 0 Å². The molecule has 0 atom stereocenters. The molecule has 2 aromatic rings. The number of anilines is 1. The first kappa shape index (κ1) is 19.6. The van der Waals surface area contributed by atoms with Crippen LogP contribution in [-0.4, -0.2) is 33.1 Å². The van der Waals surface area contributed by atoms with Crippen LogP contribution >= 0.6 is 27.5 Å². The summed E-state index contributed by atoms with van der Waals surface area (Å²) >= 11 is 9.30. The number of halogens is 2. The molecule has 0 aromatic heterocycles. The molecule has 0 bridgehead atoms. The molecule has 0 saturated carbocycles. The summed E-state index contributed by atoms with van der Waals surface area (Å²) in [6.45, 7) is 0.902. The summed E-state index contributed by atoms with van der Waals surface area (Å²) in [6, 6.07) is 8.90. The lowest BCUT2D eigenvalue weighted by Crippen LogP contribution is -2.36. The van der Waals surface area contributed by atoms with Crippen molar-refractivity contribution in [1.29, 1.82) is 0 Å². The Balaban J connectivity index is 2.62. The highest BCUT2D eigenvalue weighted by Gasteiger charge is 2.29. The number of carbonyl (C=O) groups is 1. The van der Waals surface area contributed by atoms with Gasteiger partial charge in [-0.2, -0.15) is 0 Å². The highest BCUT2D eigenvalue weighted by atomic mass is 79.9. The van der Waals surface area contributed by atoms with Gasteiger partial charge in [0.15, 0.2) is 0 Å². The molecule has 0 aliphatic rings. The Labute approximate surface area is 159 Å². The minimum atomic E-state index is -4.13. The molecular weight excluding hydrogens is 434 g/mol. The number of carboxylic acids is 1. The van der Waals surface area contributed by atoms with Gasteiger partial charge < -0.3 is 9.84 Å². The molecule has 0 saturated heterocycles. The van der Waals surface area contributed by atoms with E-state index in [-0.39, 0.29) is 10.6 Å². The van der Waals surface area contributed by atoms with Gasteiger partial charge in [-0.15, -0.1) is 0 Å². The van der Waals surface area contributed by atoms with Crippen molar-refractivity contribution in [1.82, 2.24) is 0 Å². The molecule has 25 heavy (non-hydrogen) atoms. The lowest BCUT2D eigenvalue weighted by Gasteiger charge is -2.25. The first-order valence-electron chi connectivity index (χ1n) is 7.01. The Hall–Kier alpha value is -1.77. The van der Waals surface area contributed by atoms with Crippen LogP contribution in [0.25, 0.3) is 0 Å². The number of methoxy groups -OCH3 is 1. The predicted molar refractivity (Wildman–Crippen MR) is 99.1 cm³/mol. The van der Waals surface area contributed by atoms with Gasteiger partial charge in [0, 0.05) is 5.02 Å². The van der Waals surface area contributed by atoms with Crippen molar-refractivity contribution in [2.45, 2.75) is 11.8 Å². The van der Waals surface area contributed by atoms with Gasteiger partial charge in [0.25, 0.3) is 10.0 Å². The summed E-state index contributed by atoms with van der Waals surface area (Å²) in [5, 5.41) is 9.53. The van der Waals surface area contributed by atoms with Crippen LogP contribution in [-0.2, 0) is 14.8 Å². The van der Waals surface area contributed by atoms with Crippen molar-refractivity contribution < 1.29 is 23.1 Å². The van der Waals surface area contributed by atoms with Gasteiger partial charge in [0.05, 0.1) is 22.2 Å². The van der Waals surface area contributed by atoms with Crippen LogP contribution in [0.2, 0.25) is 5.02 Å². The fraction of sp³-hybridized carbons (Fsp3) is 0.188. The van der Waals surface area contributed by atoms with E-state index in [1.165, 1.54) is 31.4 Å². The van der Waals surface area contributed by atoms with Crippen molar-refractivity contribution >= 4 is 49.2 Å². The molecule has 0 unspecified atom stereocenters. The highest BCUT2D eigenvalue weighted by Crippen LogP contribution is 2.33. The third-order valence-corrected chi connectivity index (χ3v) is 6.28. The van der Waals surface area contributed by atoms with E-state index < -0.39 is 22.5 Å². The maximum Gasteiger partial charge on any atom is 0.324 e. The van der Waals surface area contributed by atoms with Crippen molar-refractivity contribution in [2.75, 3.05) is 18.0 Å². The summed E-state index contributed by atoms with van der Waals surface area (Å²) in [6.07, 6.45) is 0. The van der Waals surface area contributed by atoms with Gasteiger partial charge in [-0.25, -0.2) is 8.42 Å². The summed E-state index contributed by atoms with van der Waals surface area (Å²) in [7, 11) is -2.67. The van der Waals surface area contributed by atoms with Crippen LogP contribution in [0.1, 0.15) is 5.56 Å². The number of rotatable bonds is 6. The van der Waals surface area contributed by atoms with Crippen LogP contribution < -0.4 is 9.04 Å². The Kier molecular flexibility index (Phi) is 5.97. The van der Waals surface area contributed by atoms with Gasteiger partial charge in [0.2, 0.25) is 0 Å². The van der Waals surface area contributed by atoms with E-state index in [2.05, 4.69) is 15.9 Å². The van der Waals surface area contributed by atoms with Gasteiger partial charge >= 0.3 is 5.97 Å². The summed E-state index contributed by atoms with van der Waals surface area (Å²) in [5.74, 6) is -0.821. The zero-order valence-electron chi connectivity index (χ0n) is 13.4. The Bertz CT molecular complexity index is 917. The largest absolute Gasteiger partial charge is 0.496 e. The van der Waals surface area contributed by atoms with E-state index in [0.29, 0.717) is 20.8 Å². The third-order valence-electron chi connectivity index (χ3n) is 3.50. The fourth-order valence-corrected chi connectivity index (χ4v) is 4.58.